The molecule has 3 rings (SSSR count). The van der Waals surface area contributed by atoms with Crippen LogP contribution in [0, 0.1) is 5.82 Å². The first-order chi connectivity index (χ1) is 13.2. The van der Waals surface area contributed by atoms with Crippen molar-refractivity contribution >= 4 is 5.88 Å². The summed E-state index contributed by atoms with van der Waals surface area (Å²) in [6.07, 6.45) is 0. The lowest BCUT2D eigenvalue weighted by atomic mass is 9.94. The Labute approximate surface area is 159 Å². The van der Waals surface area contributed by atoms with Gasteiger partial charge in [-0.25, -0.2) is 4.39 Å². The molecule has 8 nitrogen and oxygen atoms in total. The van der Waals surface area contributed by atoms with Crippen LogP contribution in [-0.4, -0.2) is 30.7 Å². The zero-order chi connectivity index (χ0) is 21.2. The van der Waals surface area contributed by atoms with Crippen LogP contribution in [0.5, 0.6) is 28.7 Å². The summed E-state index contributed by atoms with van der Waals surface area (Å²) in [6, 6.07) is 5.40. The number of hydrogen-bond donors (Lipinski definition) is 6. The van der Waals surface area contributed by atoms with Crippen LogP contribution in [0.2, 0.25) is 0 Å². The topological polar surface area (TPSA) is 153 Å². The summed E-state index contributed by atoms with van der Waals surface area (Å²) >= 11 is 0. The third-order valence-corrected chi connectivity index (χ3v) is 4.12. The van der Waals surface area contributed by atoms with Crippen molar-refractivity contribution in [2.75, 3.05) is 5.73 Å². The maximum atomic E-state index is 14.6. The molecule has 0 fully saturated rings. The normalized spacial score (nSPS) is 11.6. The largest absolute Gasteiger partial charge is 0.504 e. The number of aromatic nitrogens is 1. The maximum absolute atomic E-state index is 14.6. The van der Waals surface area contributed by atoms with E-state index in [0.29, 0.717) is 11.3 Å². The molecule has 1 aromatic heterocycles. The maximum Gasteiger partial charge on any atom is 0.222 e. The Balaban J connectivity index is 0.00000136. The Bertz CT molecular complexity index is 973. The molecular formula is C19H21FN2O6. The van der Waals surface area contributed by atoms with Crippen molar-refractivity contribution in [3.05, 3.63) is 41.3 Å². The Hall–Kier alpha value is -3.62. The molecule has 0 saturated heterocycles. The molecule has 0 aliphatic rings. The molecule has 2 aromatic carbocycles. The van der Waals surface area contributed by atoms with Crippen LogP contribution in [0.15, 0.2) is 28.8 Å². The Morgan fingerprint density at radius 3 is 1.93 bits per heavy atom. The monoisotopic (exact) mass is 392 g/mol. The predicted molar refractivity (Wildman–Crippen MR) is 99.9 cm³/mol. The number of benzene rings is 2. The van der Waals surface area contributed by atoms with Crippen LogP contribution in [-0.2, 0) is 0 Å². The molecule has 9 heteroatoms. The summed E-state index contributed by atoms with van der Waals surface area (Å²) < 4.78 is 19.4. The number of halogens is 1. The molecule has 0 spiro atoms. The first-order valence-corrected chi connectivity index (χ1v) is 8.43. The van der Waals surface area contributed by atoms with E-state index in [1.54, 1.807) is 6.92 Å². The average molecular weight is 392 g/mol. The van der Waals surface area contributed by atoms with E-state index in [4.69, 9.17) is 10.3 Å². The van der Waals surface area contributed by atoms with Gasteiger partial charge < -0.3 is 35.8 Å². The SMILES string of the molecule is CC.CC(c1ccc(-c2c(O)c(O)c(O)c(O)c2O)c(F)c1)c1cc(N)on1. The third-order valence-electron chi connectivity index (χ3n) is 4.12. The highest BCUT2D eigenvalue weighted by atomic mass is 19.1. The molecule has 0 bridgehead atoms. The zero-order valence-corrected chi connectivity index (χ0v) is 15.4. The first kappa shape index (κ1) is 20.7. The van der Waals surface area contributed by atoms with Gasteiger partial charge in [-0.05, 0) is 11.6 Å². The summed E-state index contributed by atoms with van der Waals surface area (Å²) in [5, 5.41) is 52.3. The van der Waals surface area contributed by atoms with Crippen LogP contribution in [0.1, 0.15) is 37.9 Å². The van der Waals surface area contributed by atoms with Crippen LogP contribution < -0.4 is 5.73 Å². The second-order valence-electron chi connectivity index (χ2n) is 5.73. The van der Waals surface area contributed by atoms with E-state index in [0.717, 1.165) is 6.07 Å². The number of aromatic hydroxyl groups is 5. The second kappa shape index (κ2) is 7.95. The molecule has 1 atom stereocenters. The lowest BCUT2D eigenvalue weighted by Gasteiger charge is -2.15. The van der Waals surface area contributed by atoms with Gasteiger partial charge in [0.25, 0.3) is 0 Å². The highest BCUT2D eigenvalue weighted by Crippen LogP contribution is 2.55. The smallest absolute Gasteiger partial charge is 0.222 e. The predicted octanol–water partition coefficient (Wildman–Crippen LogP) is 3.77. The summed E-state index contributed by atoms with van der Waals surface area (Å²) in [5.41, 5.74) is 5.62. The van der Waals surface area contributed by atoms with Crippen molar-refractivity contribution in [3.8, 4) is 39.9 Å². The average Bonchev–Trinajstić information content (AvgIpc) is 3.13. The van der Waals surface area contributed by atoms with E-state index in [-0.39, 0.29) is 17.4 Å². The van der Waals surface area contributed by atoms with Gasteiger partial charge in [0.1, 0.15) is 5.82 Å². The number of anilines is 1. The van der Waals surface area contributed by atoms with Crippen LogP contribution >= 0.6 is 0 Å². The molecule has 0 saturated carbocycles. The summed E-state index contributed by atoms with van der Waals surface area (Å²) in [7, 11) is 0. The highest BCUT2D eigenvalue weighted by molar-refractivity contribution is 5.85. The Kier molecular flexibility index (Phi) is 5.87. The quantitative estimate of drug-likeness (QED) is 0.291. The van der Waals surface area contributed by atoms with Gasteiger partial charge in [0.15, 0.2) is 11.5 Å². The minimum absolute atomic E-state index is 0.119. The number of nitrogens with zero attached hydrogens (tertiary/aromatic N) is 1. The summed E-state index contributed by atoms with van der Waals surface area (Å²) in [4.78, 5) is 0. The van der Waals surface area contributed by atoms with Gasteiger partial charge in [-0.1, -0.05) is 38.1 Å². The van der Waals surface area contributed by atoms with Gasteiger partial charge in [0, 0.05) is 17.5 Å². The number of phenols is 5. The van der Waals surface area contributed by atoms with Crippen LogP contribution in [0.4, 0.5) is 10.3 Å². The molecule has 1 heterocycles. The van der Waals surface area contributed by atoms with E-state index in [2.05, 4.69) is 5.16 Å². The van der Waals surface area contributed by atoms with Gasteiger partial charge in [0.2, 0.25) is 23.1 Å². The standard InChI is InChI=1S/C17H15FN2O6.C2H6/c1-6(10-5-11(19)26-20-10)7-2-3-8(9(18)4-7)12-13(21)15(23)17(25)16(24)14(12)22;1-2/h2-6,21-25H,19H2,1H3;1-2H3. The lowest BCUT2D eigenvalue weighted by Crippen LogP contribution is -1.98. The molecule has 3 aromatic rings. The summed E-state index contributed by atoms with van der Waals surface area (Å²) in [6.45, 7) is 5.75. The molecule has 0 aliphatic carbocycles. The minimum atomic E-state index is -1.11. The molecule has 0 aliphatic heterocycles. The van der Waals surface area contributed by atoms with Crippen molar-refractivity contribution in [2.24, 2.45) is 0 Å². The van der Waals surface area contributed by atoms with Gasteiger partial charge in [-0.2, -0.15) is 0 Å². The van der Waals surface area contributed by atoms with Crippen LogP contribution in [0.3, 0.4) is 0 Å². The molecule has 28 heavy (non-hydrogen) atoms. The van der Waals surface area contributed by atoms with Crippen molar-refractivity contribution in [1.29, 1.82) is 0 Å². The van der Waals surface area contributed by atoms with Crippen molar-refractivity contribution in [1.82, 2.24) is 5.16 Å². The molecular weight excluding hydrogens is 371 g/mol. The number of nitrogens with two attached hydrogens (primary N) is 1. The number of rotatable bonds is 3. The molecule has 150 valence electrons. The fraction of sp³-hybridized carbons (Fsp3) is 0.211. The fourth-order valence-electron chi connectivity index (χ4n) is 2.62. The van der Waals surface area contributed by atoms with E-state index in [1.807, 2.05) is 13.8 Å². The third kappa shape index (κ3) is 3.46. The Morgan fingerprint density at radius 1 is 0.929 bits per heavy atom. The fourth-order valence-corrected chi connectivity index (χ4v) is 2.62. The van der Waals surface area contributed by atoms with Crippen molar-refractivity contribution in [2.45, 2.75) is 26.7 Å². The Morgan fingerprint density at radius 2 is 1.46 bits per heavy atom. The molecule has 1 unspecified atom stereocenters. The molecule has 0 amide bonds. The second-order valence-corrected chi connectivity index (χ2v) is 5.73. The van der Waals surface area contributed by atoms with Gasteiger partial charge >= 0.3 is 0 Å². The van der Waals surface area contributed by atoms with E-state index >= 15 is 0 Å². The van der Waals surface area contributed by atoms with Gasteiger partial charge in [-0.3, -0.25) is 0 Å². The van der Waals surface area contributed by atoms with Crippen LogP contribution in [0.25, 0.3) is 11.1 Å². The zero-order valence-electron chi connectivity index (χ0n) is 15.4. The van der Waals surface area contributed by atoms with Gasteiger partial charge in [0.05, 0.1) is 11.3 Å². The van der Waals surface area contributed by atoms with Gasteiger partial charge in [-0.15, -0.1) is 0 Å². The van der Waals surface area contributed by atoms with E-state index in [1.165, 1.54) is 18.2 Å². The lowest BCUT2D eigenvalue weighted by molar-refractivity contribution is 0.330. The molecule has 0 radical (unpaired) electrons. The minimum Gasteiger partial charge on any atom is -0.504 e. The number of hydrogen-bond acceptors (Lipinski definition) is 8. The first-order valence-electron chi connectivity index (χ1n) is 8.43. The van der Waals surface area contributed by atoms with E-state index < -0.39 is 40.1 Å². The highest BCUT2D eigenvalue weighted by Gasteiger charge is 2.26. The number of nitrogen functional groups attached to an aromatic ring is 1. The van der Waals surface area contributed by atoms with Crippen molar-refractivity contribution < 1.29 is 34.4 Å². The number of phenolic OH excluding ortho intramolecular Hbond substituents is 5. The summed E-state index contributed by atoms with van der Waals surface area (Å²) in [5.74, 6) is -6.30. The molecule has 7 N–H and O–H groups in total. The van der Waals surface area contributed by atoms with E-state index in [9.17, 15) is 29.9 Å². The van der Waals surface area contributed by atoms with Crippen molar-refractivity contribution in [3.63, 3.8) is 0 Å².